The van der Waals surface area contributed by atoms with Crippen LogP contribution in [0.25, 0.3) is 0 Å². The molecule has 0 aliphatic rings. The van der Waals surface area contributed by atoms with Crippen LogP contribution in [0.1, 0.15) is 5.56 Å². The lowest BCUT2D eigenvalue weighted by Crippen LogP contribution is -1.94. The Balaban J connectivity index is 2.75. The highest BCUT2D eigenvalue weighted by Crippen LogP contribution is 2.20. The van der Waals surface area contributed by atoms with Crippen molar-refractivity contribution < 1.29 is 4.74 Å². The van der Waals surface area contributed by atoms with E-state index in [1.165, 1.54) is 0 Å². The van der Waals surface area contributed by atoms with Crippen LogP contribution in [0.5, 0.6) is 0 Å². The Hall–Kier alpha value is -0.240. The maximum Gasteiger partial charge on any atom is 0.0503 e. The van der Waals surface area contributed by atoms with Crippen molar-refractivity contribution in [1.29, 1.82) is 0 Å². The van der Waals surface area contributed by atoms with Gasteiger partial charge in [-0.25, -0.2) is 0 Å². The summed E-state index contributed by atoms with van der Waals surface area (Å²) in [6.45, 7) is 0.667. The molecule has 0 spiro atoms. The lowest BCUT2D eigenvalue weighted by molar-refractivity contribution is 0.202. The minimum Gasteiger partial charge on any atom is -0.384 e. The SMILES string of the molecule is COCCc1cc(Cl)ccc1Cl. The molecule has 0 aliphatic carbocycles. The Morgan fingerprint density at radius 2 is 2.08 bits per heavy atom. The quantitative estimate of drug-likeness (QED) is 0.736. The molecule has 0 atom stereocenters. The molecule has 0 saturated heterocycles. The van der Waals surface area contributed by atoms with E-state index in [4.69, 9.17) is 27.9 Å². The molecule has 1 nitrogen and oxygen atoms in total. The summed E-state index contributed by atoms with van der Waals surface area (Å²) in [5.41, 5.74) is 1.03. The first-order valence-electron chi connectivity index (χ1n) is 3.67. The van der Waals surface area contributed by atoms with E-state index in [1.807, 2.05) is 6.07 Å². The van der Waals surface area contributed by atoms with Gasteiger partial charge in [0.2, 0.25) is 0 Å². The second kappa shape index (κ2) is 4.70. The first-order valence-corrected chi connectivity index (χ1v) is 4.42. The van der Waals surface area contributed by atoms with E-state index in [9.17, 15) is 0 Å². The van der Waals surface area contributed by atoms with Gasteiger partial charge in [-0.1, -0.05) is 23.2 Å². The summed E-state index contributed by atoms with van der Waals surface area (Å²) in [5, 5.41) is 1.46. The Morgan fingerprint density at radius 3 is 2.75 bits per heavy atom. The van der Waals surface area contributed by atoms with Gasteiger partial charge < -0.3 is 4.74 Å². The molecule has 0 amide bonds. The average Bonchev–Trinajstić information content (AvgIpc) is 2.07. The lowest BCUT2D eigenvalue weighted by Gasteiger charge is -2.03. The van der Waals surface area contributed by atoms with Crippen molar-refractivity contribution >= 4 is 23.2 Å². The molecular weight excluding hydrogens is 195 g/mol. The highest BCUT2D eigenvalue weighted by molar-refractivity contribution is 6.33. The summed E-state index contributed by atoms with van der Waals surface area (Å²) in [4.78, 5) is 0. The van der Waals surface area contributed by atoms with Gasteiger partial charge in [-0.2, -0.15) is 0 Å². The van der Waals surface area contributed by atoms with E-state index in [2.05, 4.69) is 0 Å². The number of methoxy groups -OCH3 is 1. The third kappa shape index (κ3) is 2.67. The van der Waals surface area contributed by atoms with Crippen molar-refractivity contribution in [3.05, 3.63) is 33.8 Å². The molecule has 1 aromatic carbocycles. The van der Waals surface area contributed by atoms with Crippen molar-refractivity contribution in [2.75, 3.05) is 13.7 Å². The number of benzene rings is 1. The third-order valence-electron chi connectivity index (χ3n) is 1.58. The van der Waals surface area contributed by atoms with E-state index in [0.29, 0.717) is 11.6 Å². The summed E-state index contributed by atoms with van der Waals surface area (Å²) >= 11 is 11.7. The molecule has 0 aromatic heterocycles. The van der Waals surface area contributed by atoms with Crippen LogP contribution in [0, 0.1) is 0 Å². The zero-order valence-corrected chi connectivity index (χ0v) is 8.32. The molecule has 12 heavy (non-hydrogen) atoms. The van der Waals surface area contributed by atoms with Crippen molar-refractivity contribution in [3.63, 3.8) is 0 Å². The zero-order valence-electron chi connectivity index (χ0n) is 6.81. The average molecular weight is 205 g/mol. The molecule has 66 valence electrons. The van der Waals surface area contributed by atoms with Gasteiger partial charge in [0.1, 0.15) is 0 Å². The molecule has 0 radical (unpaired) electrons. The molecule has 0 aliphatic heterocycles. The fourth-order valence-corrected chi connectivity index (χ4v) is 1.35. The van der Waals surface area contributed by atoms with Crippen LogP contribution in [0.2, 0.25) is 10.0 Å². The van der Waals surface area contributed by atoms with E-state index in [-0.39, 0.29) is 0 Å². The maximum atomic E-state index is 5.92. The molecule has 0 heterocycles. The summed E-state index contributed by atoms with van der Waals surface area (Å²) in [6, 6.07) is 5.44. The van der Waals surface area contributed by atoms with Gasteiger partial charge in [0.05, 0.1) is 6.61 Å². The number of hydrogen-bond donors (Lipinski definition) is 0. The van der Waals surface area contributed by atoms with Gasteiger partial charge in [-0.3, -0.25) is 0 Å². The standard InChI is InChI=1S/C9H10Cl2O/c1-12-5-4-7-6-8(10)2-3-9(7)11/h2-3,6H,4-5H2,1H3. The Labute approximate surface area is 82.2 Å². The second-order valence-electron chi connectivity index (χ2n) is 2.48. The summed E-state index contributed by atoms with van der Waals surface area (Å²) in [5.74, 6) is 0. The van der Waals surface area contributed by atoms with Crippen LogP contribution < -0.4 is 0 Å². The minimum atomic E-state index is 0.667. The van der Waals surface area contributed by atoms with Gasteiger partial charge in [0.15, 0.2) is 0 Å². The van der Waals surface area contributed by atoms with Crippen molar-refractivity contribution in [3.8, 4) is 0 Å². The van der Waals surface area contributed by atoms with Crippen molar-refractivity contribution in [2.24, 2.45) is 0 Å². The second-order valence-corrected chi connectivity index (χ2v) is 3.32. The molecule has 0 unspecified atom stereocenters. The van der Waals surface area contributed by atoms with Gasteiger partial charge in [-0.15, -0.1) is 0 Å². The molecular formula is C9H10Cl2O. The van der Waals surface area contributed by atoms with Crippen LogP contribution in [0.3, 0.4) is 0 Å². The minimum absolute atomic E-state index is 0.667. The maximum absolute atomic E-state index is 5.92. The highest BCUT2D eigenvalue weighted by Gasteiger charge is 2.00. The molecule has 0 saturated carbocycles. The van der Waals surface area contributed by atoms with Gasteiger partial charge in [-0.05, 0) is 30.2 Å². The molecule has 0 N–H and O–H groups in total. The summed E-state index contributed by atoms with van der Waals surface area (Å²) < 4.78 is 4.94. The van der Waals surface area contributed by atoms with Gasteiger partial charge >= 0.3 is 0 Å². The van der Waals surface area contributed by atoms with Crippen LogP contribution in [0.4, 0.5) is 0 Å². The van der Waals surface area contributed by atoms with Crippen LogP contribution in [-0.4, -0.2) is 13.7 Å². The Bertz CT molecular complexity index is 261. The third-order valence-corrected chi connectivity index (χ3v) is 2.19. The summed E-state index contributed by atoms with van der Waals surface area (Å²) in [6.07, 6.45) is 0.801. The molecule has 1 rings (SSSR count). The lowest BCUT2D eigenvalue weighted by atomic mass is 10.2. The fourth-order valence-electron chi connectivity index (χ4n) is 0.947. The van der Waals surface area contributed by atoms with Gasteiger partial charge in [0.25, 0.3) is 0 Å². The molecule has 0 fully saturated rings. The Morgan fingerprint density at radius 1 is 1.33 bits per heavy atom. The predicted molar refractivity (Wildman–Crippen MR) is 52.0 cm³/mol. The smallest absolute Gasteiger partial charge is 0.0503 e. The van der Waals surface area contributed by atoms with Crippen LogP contribution in [0.15, 0.2) is 18.2 Å². The molecule has 3 heteroatoms. The number of halogens is 2. The number of hydrogen-bond acceptors (Lipinski definition) is 1. The van der Waals surface area contributed by atoms with Crippen LogP contribution in [-0.2, 0) is 11.2 Å². The topological polar surface area (TPSA) is 9.23 Å². The molecule has 0 bridgehead atoms. The predicted octanol–water partition coefficient (Wildman–Crippen LogP) is 3.18. The van der Waals surface area contributed by atoms with E-state index < -0.39 is 0 Å². The highest BCUT2D eigenvalue weighted by atomic mass is 35.5. The Kier molecular flexibility index (Phi) is 3.86. The molecule has 1 aromatic rings. The van der Waals surface area contributed by atoms with Gasteiger partial charge in [0, 0.05) is 17.2 Å². The zero-order chi connectivity index (χ0) is 8.97. The first-order chi connectivity index (χ1) is 5.74. The van der Waals surface area contributed by atoms with Crippen molar-refractivity contribution in [1.82, 2.24) is 0 Å². The van der Waals surface area contributed by atoms with Crippen molar-refractivity contribution in [2.45, 2.75) is 6.42 Å². The monoisotopic (exact) mass is 204 g/mol. The van der Waals surface area contributed by atoms with E-state index in [0.717, 1.165) is 17.0 Å². The normalized spacial score (nSPS) is 10.2. The fraction of sp³-hybridized carbons (Fsp3) is 0.333. The number of ether oxygens (including phenoxy) is 1. The first kappa shape index (κ1) is 9.85. The van der Waals surface area contributed by atoms with Crippen LogP contribution >= 0.6 is 23.2 Å². The van der Waals surface area contributed by atoms with E-state index in [1.54, 1.807) is 19.2 Å². The largest absolute Gasteiger partial charge is 0.384 e. The van der Waals surface area contributed by atoms with E-state index >= 15 is 0 Å². The summed E-state index contributed by atoms with van der Waals surface area (Å²) in [7, 11) is 1.67. The number of rotatable bonds is 3.